The van der Waals surface area contributed by atoms with Crippen molar-refractivity contribution in [3.8, 4) is 0 Å². The van der Waals surface area contributed by atoms with Crippen molar-refractivity contribution < 1.29 is 0 Å². The normalized spacial score (nSPS) is 2.57. The fourth-order valence-corrected chi connectivity index (χ4v) is 0. The van der Waals surface area contributed by atoms with E-state index >= 15 is 0 Å². The number of rotatable bonds is 1. The standard InChI is InChI=1S/C4H10.C2H6.8CH4/c1-3-4-2;1-2;;;;;;;;/h3-4H2,1-2H3;1-2H3;8*1H4. The summed E-state index contributed by atoms with van der Waals surface area (Å²) in [5, 5.41) is 0. The molecule has 0 unspecified atom stereocenters. The van der Waals surface area contributed by atoms with Crippen molar-refractivity contribution in [3.63, 3.8) is 0 Å². The van der Waals surface area contributed by atoms with Crippen LogP contribution in [0.1, 0.15) is 99.9 Å². The van der Waals surface area contributed by atoms with Gasteiger partial charge in [0.1, 0.15) is 0 Å². The first-order chi connectivity index (χ1) is 2.91. The summed E-state index contributed by atoms with van der Waals surface area (Å²) >= 11 is 0. The fourth-order valence-electron chi connectivity index (χ4n) is 0. The van der Waals surface area contributed by atoms with Gasteiger partial charge in [-0.05, 0) is 0 Å². The van der Waals surface area contributed by atoms with E-state index in [1.165, 1.54) is 12.8 Å². The molecule has 0 saturated carbocycles. The fraction of sp³-hybridized carbons (Fsp3) is 1.00. The van der Waals surface area contributed by atoms with Gasteiger partial charge in [0.25, 0.3) is 0 Å². The number of hydrogen-bond acceptors (Lipinski definition) is 0. The number of hydrogen-bond donors (Lipinski definition) is 0. The second kappa shape index (κ2) is 468. The van der Waals surface area contributed by atoms with Crippen LogP contribution in [-0.2, 0) is 0 Å². The summed E-state index contributed by atoms with van der Waals surface area (Å²) in [6, 6.07) is 0. The molecule has 0 aliphatic rings. The molecule has 104 valence electrons. The van der Waals surface area contributed by atoms with E-state index in [0.29, 0.717) is 0 Å². The molecule has 0 nitrogen and oxygen atoms in total. The second-order valence-corrected chi connectivity index (χ2v) is 1.000. The molecule has 0 spiro atoms. The quantitative estimate of drug-likeness (QED) is 0.417. The minimum absolute atomic E-state index is 0. The Labute approximate surface area is 101 Å². The van der Waals surface area contributed by atoms with E-state index in [2.05, 4.69) is 13.8 Å². The van der Waals surface area contributed by atoms with Crippen LogP contribution in [0.25, 0.3) is 0 Å². The zero-order valence-corrected chi connectivity index (χ0v) is 5.41. The minimum Gasteiger partial charge on any atom is -0.0776 e. The maximum absolute atomic E-state index is 2.18. The van der Waals surface area contributed by atoms with Gasteiger partial charge in [-0.25, -0.2) is 0 Å². The monoisotopic (exact) mass is 216 g/mol. The molecule has 0 aromatic heterocycles. The van der Waals surface area contributed by atoms with Crippen molar-refractivity contribution in [3.05, 3.63) is 0 Å². The average Bonchev–Trinajstić information content (AvgIpc) is 1.72. The Hall–Kier alpha value is 0. The van der Waals surface area contributed by atoms with E-state index in [1.54, 1.807) is 0 Å². The van der Waals surface area contributed by atoms with Gasteiger partial charge >= 0.3 is 0 Å². The molecule has 0 aliphatic carbocycles. The molecule has 14 heavy (non-hydrogen) atoms. The van der Waals surface area contributed by atoms with Crippen molar-refractivity contribution in [1.82, 2.24) is 0 Å². The lowest BCUT2D eigenvalue weighted by Gasteiger charge is -1.68. The minimum atomic E-state index is 0. The van der Waals surface area contributed by atoms with Crippen molar-refractivity contribution >= 4 is 0 Å². The maximum Gasteiger partial charge on any atom is -0.0564 e. The largest absolute Gasteiger partial charge is 0.0776 e. The van der Waals surface area contributed by atoms with Crippen LogP contribution < -0.4 is 0 Å². The second-order valence-electron chi connectivity index (χ2n) is 1.000. The first kappa shape index (κ1) is 148. The lowest BCUT2D eigenvalue weighted by Crippen LogP contribution is -1.47. The van der Waals surface area contributed by atoms with Crippen LogP contribution in [-0.4, -0.2) is 0 Å². The molecule has 0 atom stereocenters. The van der Waals surface area contributed by atoms with Crippen LogP contribution in [0.5, 0.6) is 0 Å². The van der Waals surface area contributed by atoms with Gasteiger partial charge in [-0.15, -0.1) is 0 Å². The molecule has 0 aromatic rings. The summed E-state index contributed by atoms with van der Waals surface area (Å²) in [4.78, 5) is 0. The molecule has 0 amide bonds. The van der Waals surface area contributed by atoms with Gasteiger partial charge in [0.15, 0.2) is 0 Å². The van der Waals surface area contributed by atoms with Crippen LogP contribution in [0, 0.1) is 0 Å². The van der Waals surface area contributed by atoms with Crippen LogP contribution in [0.3, 0.4) is 0 Å². The third-order valence-electron chi connectivity index (χ3n) is 0.500. The zero-order valence-electron chi connectivity index (χ0n) is 5.41. The first-order valence-corrected chi connectivity index (χ1v) is 2.91. The summed E-state index contributed by atoms with van der Waals surface area (Å²) in [6.45, 7) is 8.36. The number of unbranched alkanes of at least 4 members (excludes halogenated alkanes) is 1. The first-order valence-electron chi connectivity index (χ1n) is 2.91. The summed E-state index contributed by atoms with van der Waals surface area (Å²) in [7, 11) is 0. The highest BCUT2D eigenvalue weighted by Crippen LogP contribution is 1.76. The van der Waals surface area contributed by atoms with Gasteiger partial charge in [0.2, 0.25) is 0 Å². The van der Waals surface area contributed by atoms with Crippen LogP contribution >= 0.6 is 0 Å². The van der Waals surface area contributed by atoms with E-state index in [4.69, 9.17) is 0 Å². The summed E-state index contributed by atoms with van der Waals surface area (Å²) in [5.74, 6) is 0. The Balaban J connectivity index is -0.00000000192. The van der Waals surface area contributed by atoms with Crippen LogP contribution in [0.4, 0.5) is 0 Å². The molecule has 0 N–H and O–H groups in total. The average molecular weight is 217 g/mol. The van der Waals surface area contributed by atoms with Crippen molar-refractivity contribution in [1.29, 1.82) is 0 Å². The van der Waals surface area contributed by atoms with Gasteiger partial charge in [-0.1, -0.05) is 99.9 Å². The van der Waals surface area contributed by atoms with Gasteiger partial charge in [-0.2, -0.15) is 0 Å². The summed E-state index contributed by atoms with van der Waals surface area (Å²) in [5.41, 5.74) is 0. The summed E-state index contributed by atoms with van der Waals surface area (Å²) in [6.07, 6.45) is 2.64. The lowest BCUT2D eigenvalue weighted by atomic mass is 10.4. The Morgan fingerprint density at radius 3 is 0.500 bits per heavy atom. The van der Waals surface area contributed by atoms with E-state index in [1.807, 2.05) is 13.8 Å². The van der Waals surface area contributed by atoms with E-state index in [9.17, 15) is 0 Å². The smallest absolute Gasteiger partial charge is 0.0564 e. The van der Waals surface area contributed by atoms with Gasteiger partial charge in [0.05, 0.1) is 0 Å². The molecule has 0 heteroatoms. The molecular formula is C14H48. The van der Waals surface area contributed by atoms with Gasteiger partial charge in [0, 0.05) is 0 Å². The summed E-state index contributed by atoms with van der Waals surface area (Å²) < 4.78 is 0. The Bertz CT molecular complexity index is 2.00. The van der Waals surface area contributed by atoms with Crippen molar-refractivity contribution in [2.75, 3.05) is 0 Å². The topological polar surface area (TPSA) is 0 Å². The molecule has 0 rings (SSSR count). The van der Waals surface area contributed by atoms with E-state index in [-0.39, 0.29) is 59.4 Å². The van der Waals surface area contributed by atoms with Crippen LogP contribution in [0.2, 0.25) is 0 Å². The van der Waals surface area contributed by atoms with Crippen molar-refractivity contribution in [2.45, 2.75) is 99.9 Å². The third-order valence-corrected chi connectivity index (χ3v) is 0.500. The molecule has 0 heterocycles. The Morgan fingerprint density at radius 1 is 0.429 bits per heavy atom. The molecule has 0 aliphatic heterocycles. The molecule has 0 radical (unpaired) electrons. The van der Waals surface area contributed by atoms with Crippen LogP contribution in [0.15, 0.2) is 0 Å². The highest BCUT2D eigenvalue weighted by atomic mass is 13.6. The molecule has 0 aromatic carbocycles. The van der Waals surface area contributed by atoms with Gasteiger partial charge < -0.3 is 0 Å². The van der Waals surface area contributed by atoms with Gasteiger partial charge in [-0.3, -0.25) is 0 Å². The lowest BCUT2D eigenvalue weighted by molar-refractivity contribution is 0.886. The predicted molar refractivity (Wildman–Crippen MR) is 85.8 cm³/mol. The van der Waals surface area contributed by atoms with E-state index < -0.39 is 0 Å². The molecule has 0 fully saturated rings. The Morgan fingerprint density at radius 2 is 0.500 bits per heavy atom. The highest BCUT2D eigenvalue weighted by Gasteiger charge is 1.56. The SMILES string of the molecule is C.C.C.C.C.C.C.C.CC.CCCC. The Kier molecular flexibility index (Phi) is 4940. The third kappa shape index (κ3) is 1450. The predicted octanol–water partition coefficient (Wildman–Crippen LogP) is 7.92. The van der Waals surface area contributed by atoms with Crippen molar-refractivity contribution in [2.24, 2.45) is 0 Å². The molecule has 0 saturated heterocycles. The molecular weight excluding hydrogens is 168 g/mol. The highest BCUT2D eigenvalue weighted by molar-refractivity contribution is 4.12. The zero-order chi connectivity index (χ0) is 5.41. The molecule has 0 bridgehead atoms. The maximum atomic E-state index is 2.18. The van der Waals surface area contributed by atoms with E-state index in [0.717, 1.165) is 0 Å².